The van der Waals surface area contributed by atoms with Gasteiger partial charge in [-0.3, -0.25) is 0 Å². The SMILES string of the molecule is Cc1cc(F)cc(-c2nc(N)c3c(C)cccc3n2)c1. The second-order valence-corrected chi connectivity index (χ2v) is 4.92. The largest absolute Gasteiger partial charge is 0.383 e. The lowest BCUT2D eigenvalue weighted by Crippen LogP contribution is -1.99. The van der Waals surface area contributed by atoms with E-state index >= 15 is 0 Å². The van der Waals surface area contributed by atoms with Gasteiger partial charge < -0.3 is 5.73 Å². The number of nitrogen functional groups attached to an aromatic ring is 1. The van der Waals surface area contributed by atoms with Crippen molar-refractivity contribution in [3.8, 4) is 11.4 Å². The van der Waals surface area contributed by atoms with E-state index in [1.54, 1.807) is 0 Å². The molecule has 0 amide bonds. The summed E-state index contributed by atoms with van der Waals surface area (Å²) in [6.07, 6.45) is 0. The predicted molar refractivity (Wildman–Crippen MR) is 78.8 cm³/mol. The molecule has 3 nitrogen and oxygen atoms in total. The summed E-state index contributed by atoms with van der Waals surface area (Å²) in [4.78, 5) is 8.81. The molecule has 0 fully saturated rings. The highest BCUT2D eigenvalue weighted by molar-refractivity contribution is 5.92. The van der Waals surface area contributed by atoms with Crippen molar-refractivity contribution in [3.05, 3.63) is 53.3 Å². The summed E-state index contributed by atoms with van der Waals surface area (Å²) in [5.41, 5.74) is 9.29. The lowest BCUT2D eigenvalue weighted by molar-refractivity contribution is 0.627. The molecule has 0 aliphatic carbocycles. The number of aromatic nitrogens is 2. The van der Waals surface area contributed by atoms with Crippen molar-refractivity contribution < 1.29 is 4.39 Å². The number of aryl methyl sites for hydroxylation is 2. The van der Waals surface area contributed by atoms with Crippen LogP contribution in [0.1, 0.15) is 11.1 Å². The van der Waals surface area contributed by atoms with Crippen molar-refractivity contribution in [2.75, 3.05) is 5.73 Å². The zero-order valence-electron chi connectivity index (χ0n) is 11.3. The molecule has 0 saturated carbocycles. The lowest BCUT2D eigenvalue weighted by atomic mass is 10.1. The van der Waals surface area contributed by atoms with Gasteiger partial charge in [-0.05, 0) is 49.2 Å². The molecule has 0 aliphatic rings. The van der Waals surface area contributed by atoms with Crippen LogP contribution in [0.4, 0.5) is 10.2 Å². The Labute approximate surface area is 116 Å². The number of halogens is 1. The smallest absolute Gasteiger partial charge is 0.162 e. The fraction of sp³-hybridized carbons (Fsp3) is 0.125. The molecule has 0 atom stereocenters. The zero-order valence-corrected chi connectivity index (χ0v) is 11.3. The average Bonchev–Trinajstić information content (AvgIpc) is 2.37. The highest BCUT2D eigenvalue weighted by Crippen LogP contribution is 2.26. The monoisotopic (exact) mass is 267 g/mol. The van der Waals surface area contributed by atoms with Crippen LogP contribution in [0.3, 0.4) is 0 Å². The van der Waals surface area contributed by atoms with E-state index in [2.05, 4.69) is 9.97 Å². The number of benzene rings is 2. The Kier molecular flexibility index (Phi) is 2.86. The van der Waals surface area contributed by atoms with Crippen LogP contribution in [0.25, 0.3) is 22.3 Å². The fourth-order valence-corrected chi connectivity index (χ4v) is 2.38. The third-order valence-electron chi connectivity index (χ3n) is 3.26. The quantitative estimate of drug-likeness (QED) is 0.732. The second kappa shape index (κ2) is 4.56. The molecule has 3 aromatic rings. The molecule has 2 aromatic carbocycles. The molecule has 0 spiro atoms. The van der Waals surface area contributed by atoms with Crippen molar-refractivity contribution in [1.29, 1.82) is 0 Å². The van der Waals surface area contributed by atoms with Gasteiger partial charge in [0.1, 0.15) is 11.6 Å². The molecule has 2 N–H and O–H groups in total. The van der Waals surface area contributed by atoms with E-state index in [0.717, 1.165) is 22.0 Å². The molecule has 1 aromatic heterocycles. The number of hydrogen-bond donors (Lipinski definition) is 1. The molecule has 1 heterocycles. The number of rotatable bonds is 1. The summed E-state index contributed by atoms with van der Waals surface area (Å²) in [6, 6.07) is 10.5. The molecular weight excluding hydrogens is 253 g/mol. The Morgan fingerprint density at radius 3 is 2.60 bits per heavy atom. The van der Waals surface area contributed by atoms with Gasteiger partial charge in [0.2, 0.25) is 0 Å². The standard InChI is InChI=1S/C16H14FN3/c1-9-6-11(8-12(17)7-9)16-19-13-5-3-4-10(2)14(13)15(18)20-16/h3-8H,1-2H3,(H2,18,19,20). The van der Waals surface area contributed by atoms with Gasteiger partial charge in [0.15, 0.2) is 5.82 Å². The topological polar surface area (TPSA) is 51.8 Å². The van der Waals surface area contributed by atoms with Crippen molar-refractivity contribution in [2.24, 2.45) is 0 Å². The molecule has 100 valence electrons. The summed E-state index contributed by atoms with van der Waals surface area (Å²) in [7, 11) is 0. The van der Waals surface area contributed by atoms with Crippen LogP contribution in [-0.4, -0.2) is 9.97 Å². The van der Waals surface area contributed by atoms with Gasteiger partial charge in [-0.2, -0.15) is 0 Å². The van der Waals surface area contributed by atoms with Gasteiger partial charge in [0.25, 0.3) is 0 Å². The highest BCUT2D eigenvalue weighted by Gasteiger charge is 2.10. The van der Waals surface area contributed by atoms with Crippen molar-refractivity contribution in [3.63, 3.8) is 0 Å². The molecule has 0 aliphatic heterocycles. The van der Waals surface area contributed by atoms with Gasteiger partial charge in [-0.15, -0.1) is 0 Å². The average molecular weight is 267 g/mol. The maximum Gasteiger partial charge on any atom is 0.162 e. The Hall–Kier alpha value is -2.49. The highest BCUT2D eigenvalue weighted by atomic mass is 19.1. The molecule has 0 radical (unpaired) electrons. The number of hydrogen-bond acceptors (Lipinski definition) is 3. The molecule has 3 rings (SSSR count). The minimum Gasteiger partial charge on any atom is -0.383 e. The summed E-state index contributed by atoms with van der Waals surface area (Å²) in [6.45, 7) is 3.80. The van der Waals surface area contributed by atoms with Crippen LogP contribution in [0.5, 0.6) is 0 Å². The van der Waals surface area contributed by atoms with E-state index < -0.39 is 0 Å². The Balaban J connectivity index is 2.27. The fourth-order valence-electron chi connectivity index (χ4n) is 2.38. The first-order chi connectivity index (χ1) is 9.54. The van der Waals surface area contributed by atoms with Gasteiger partial charge in [-0.25, -0.2) is 14.4 Å². The summed E-state index contributed by atoms with van der Waals surface area (Å²) in [5, 5.41) is 0.851. The maximum absolute atomic E-state index is 13.5. The van der Waals surface area contributed by atoms with E-state index in [1.165, 1.54) is 12.1 Å². The van der Waals surface area contributed by atoms with Gasteiger partial charge in [-0.1, -0.05) is 12.1 Å². The van der Waals surface area contributed by atoms with Crippen LogP contribution >= 0.6 is 0 Å². The number of anilines is 1. The molecule has 0 saturated heterocycles. The van der Waals surface area contributed by atoms with E-state index in [1.807, 2.05) is 38.1 Å². The van der Waals surface area contributed by atoms with Gasteiger partial charge >= 0.3 is 0 Å². The van der Waals surface area contributed by atoms with Gasteiger partial charge in [0.05, 0.1) is 5.52 Å². The van der Waals surface area contributed by atoms with E-state index in [-0.39, 0.29) is 5.82 Å². The Morgan fingerprint density at radius 2 is 1.85 bits per heavy atom. The maximum atomic E-state index is 13.5. The van der Waals surface area contributed by atoms with Crippen LogP contribution in [-0.2, 0) is 0 Å². The number of nitrogens with two attached hydrogens (primary N) is 1. The number of fused-ring (bicyclic) bond motifs is 1. The van der Waals surface area contributed by atoms with Crippen molar-refractivity contribution in [1.82, 2.24) is 9.97 Å². The normalized spacial score (nSPS) is 10.9. The van der Waals surface area contributed by atoms with E-state index in [0.29, 0.717) is 17.2 Å². The van der Waals surface area contributed by atoms with Gasteiger partial charge in [0, 0.05) is 10.9 Å². The summed E-state index contributed by atoms with van der Waals surface area (Å²) >= 11 is 0. The van der Waals surface area contributed by atoms with Crippen LogP contribution in [0.15, 0.2) is 36.4 Å². The number of nitrogens with zero attached hydrogens (tertiary/aromatic N) is 2. The molecular formula is C16H14FN3. The van der Waals surface area contributed by atoms with E-state index in [9.17, 15) is 4.39 Å². The first-order valence-electron chi connectivity index (χ1n) is 6.35. The summed E-state index contributed by atoms with van der Waals surface area (Å²) in [5.74, 6) is 0.569. The van der Waals surface area contributed by atoms with Crippen LogP contribution in [0, 0.1) is 19.7 Å². The minimum absolute atomic E-state index is 0.300. The first kappa shape index (κ1) is 12.5. The molecule has 0 bridgehead atoms. The van der Waals surface area contributed by atoms with Crippen molar-refractivity contribution >= 4 is 16.7 Å². The lowest BCUT2D eigenvalue weighted by Gasteiger charge is -2.08. The summed E-state index contributed by atoms with van der Waals surface area (Å²) < 4.78 is 13.5. The molecule has 20 heavy (non-hydrogen) atoms. The molecule has 0 unspecified atom stereocenters. The van der Waals surface area contributed by atoms with Crippen LogP contribution < -0.4 is 5.73 Å². The Morgan fingerprint density at radius 1 is 1.05 bits per heavy atom. The molecule has 4 heteroatoms. The predicted octanol–water partition coefficient (Wildman–Crippen LogP) is 3.63. The zero-order chi connectivity index (χ0) is 14.3. The third kappa shape index (κ3) is 2.09. The van der Waals surface area contributed by atoms with Crippen LogP contribution in [0.2, 0.25) is 0 Å². The Bertz CT molecular complexity index is 792. The minimum atomic E-state index is -0.300. The second-order valence-electron chi connectivity index (χ2n) is 4.92. The van der Waals surface area contributed by atoms with Crippen molar-refractivity contribution in [2.45, 2.75) is 13.8 Å². The van der Waals surface area contributed by atoms with E-state index in [4.69, 9.17) is 5.73 Å². The third-order valence-corrected chi connectivity index (χ3v) is 3.26. The first-order valence-corrected chi connectivity index (χ1v) is 6.35.